The Hall–Kier alpha value is -1.03. The Morgan fingerprint density at radius 3 is 2.46 bits per heavy atom. The van der Waals surface area contributed by atoms with Gasteiger partial charge in [0.25, 0.3) is 0 Å². The molecule has 0 amide bonds. The monoisotopic (exact) mass is 199 g/mol. The Bertz CT molecular complexity index is 331. The van der Waals surface area contributed by atoms with Crippen LogP contribution in [0.15, 0.2) is 23.2 Å². The number of rotatable bonds is 2. The molecule has 0 aliphatic carbocycles. The van der Waals surface area contributed by atoms with Crippen molar-refractivity contribution in [2.45, 2.75) is 5.03 Å². The molecule has 1 heterocycles. The quantitative estimate of drug-likeness (QED) is 0.790. The molecule has 1 N–H and O–H groups in total. The second kappa shape index (κ2) is 3.38. The minimum Gasteiger partial charge on any atom is -0.477 e. The van der Waals surface area contributed by atoms with E-state index in [1.165, 1.54) is 6.07 Å². The van der Waals surface area contributed by atoms with E-state index in [9.17, 15) is 4.79 Å². The molecule has 4 heteroatoms. The van der Waals surface area contributed by atoms with Crippen LogP contribution in [0.2, 0.25) is 0 Å². The normalized spacial score (nSPS) is 12.5. The maximum Gasteiger partial charge on any atom is 0.354 e. The van der Waals surface area contributed by atoms with Crippen LogP contribution in [-0.2, 0) is 0 Å². The number of hydrogen-bond donors (Lipinski definition) is 1. The molecule has 0 bridgehead atoms. The zero-order valence-corrected chi connectivity index (χ0v) is 8.76. The van der Waals surface area contributed by atoms with E-state index in [4.69, 9.17) is 5.11 Å². The van der Waals surface area contributed by atoms with Gasteiger partial charge in [0.15, 0.2) is 0 Å². The summed E-state index contributed by atoms with van der Waals surface area (Å²) in [4.78, 5) is 14.7. The van der Waals surface area contributed by atoms with Crippen molar-refractivity contribution in [1.29, 1.82) is 0 Å². The molecule has 1 aromatic heterocycles. The van der Waals surface area contributed by atoms with E-state index < -0.39 is 16.0 Å². The summed E-state index contributed by atoms with van der Waals surface area (Å²) in [5.74, 6) is -0.967. The molecular formula is C9H13NO2S. The highest BCUT2D eigenvalue weighted by molar-refractivity contribution is 8.32. The van der Waals surface area contributed by atoms with E-state index >= 15 is 0 Å². The molecule has 0 saturated carbocycles. The summed E-state index contributed by atoms with van der Waals surface area (Å²) in [6.45, 7) is 0. The molecule has 1 rings (SSSR count). The summed E-state index contributed by atoms with van der Waals surface area (Å²) >= 11 is 0. The molecular weight excluding hydrogens is 186 g/mol. The molecule has 72 valence electrons. The number of aromatic carboxylic acids is 1. The fraction of sp³-hybridized carbons (Fsp3) is 0.333. The average molecular weight is 199 g/mol. The van der Waals surface area contributed by atoms with Gasteiger partial charge < -0.3 is 5.11 Å². The standard InChI is InChI=1S/C9H13NO2S/c1-13(2,3)8-6-4-5-7(10-8)9(11)12/h4-6H,1-3H3,(H,11,12). The highest BCUT2D eigenvalue weighted by atomic mass is 32.3. The van der Waals surface area contributed by atoms with Gasteiger partial charge in [0.05, 0.1) is 5.03 Å². The molecule has 1 aromatic rings. The van der Waals surface area contributed by atoms with E-state index in [1.807, 2.05) is 6.07 Å². The van der Waals surface area contributed by atoms with Gasteiger partial charge in [0, 0.05) is 0 Å². The Morgan fingerprint density at radius 2 is 2.00 bits per heavy atom. The van der Waals surface area contributed by atoms with Crippen molar-refractivity contribution in [2.24, 2.45) is 0 Å². The molecule has 0 aliphatic heterocycles. The van der Waals surface area contributed by atoms with E-state index in [1.54, 1.807) is 6.07 Å². The molecule has 0 radical (unpaired) electrons. The van der Waals surface area contributed by atoms with E-state index in [2.05, 4.69) is 23.8 Å². The SMILES string of the molecule is CS(C)(C)c1cccc(C(=O)O)n1. The number of pyridine rings is 1. The zero-order valence-electron chi connectivity index (χ0n) is 7.94. The second-order valence-corrected chi connectivity index (χ2v) is 7.60. The van der Waals surface area contributed by atoms with Crippen molar-refractivity contribution in [2.75, 3.05) is 18.8 Å². The summed E-state index contributed by atoms with van der Waals surface area (Å²) in [5, 5.41) is 9.60. The van der Waals surface area contributed by atoms with Crippen LogP contribution >= 0.6 is 10.0 Å². The van der Waals surface area contributed by atoms with E-state index in [-0.39, 0.29) is 5.69 Å². The van der Waals surface area contributed by atoms with Gasteiger partial charge in [0.2, 0.25) is 0 Å². The first-order valence-electron chi connectivity index (χ1n) is 3.80. The number of carboxylic acid groups (broad SMARTS) is 1. The number of carbonyl (C=O) groups is 1. The van der Waals surface area contributed by atoms with Crippen LogP contribution in [0.1, 0.15) is 10.5 Å². The van der Waals surface area contributed by atoms with E-state index in [0.29, 0.717) is 0 Å². The third-order valence-corrected chi connectivity index (χ3v) is 3.05. The molecule has 13 heavy (non-hydrogen) atoms. The minimum atomic E-state index is -0.967. The van der Waals surface area contributed by atoms with Gasteiger partial charge >= 0.3 is 5.97 Å². The fourth-order valence-electron chi connectivity index (χ4n) is 0.875. The summed E-state index contributed by atoms with van der Waals surface area (Å²) in [6, 6.07) is 5.13. The molecule has 0 saturated heterocycles. The average Bonchev–Trinajstić information content (AvgIpc) is 2.03. The molecule has 0 fully saturated rings. The van der Waals surface area contributed by atoms with Crippen LogP contribution in [0.5, 0.6) is 0 Å². The maximum absolute atomic E-state index is 10.6. The summed E-state index contributed by atoms with van der Waals surface area (Å²) in [7, 11) is -0.933. The lowest BCUT2D eigenvalue weighted by Crippen LogP contribution is -2.04. The predicted molar refractivity (Wildman–Crippen MR) is 54.8 cm³/mol. The first-order valence-corrected chi connectivity index (χ1v) is 6.66. The van der Waals surface area contributed by atoms with Crippen LogP contribution in [-0.4, -0.2) is 34.8 Å². The molecule has 0 atom stereocenters. The molecule has 0 aliphatic rings. The van der Waals surface area contributed by atoms with Crippen molar-refractivity contribution in [3.05, 3.63) is 23.9 Å². The second-order valence-electron chi connectivity index (χ2n) is 3.50. The van der Waals surface area contributed by atoms with Gasteiger partial charge in [-0.1, -0.05) is 6.07 Å². The zero-order chi connectivity index (χ0) is 10.1. The van der Waals surface area contributed by atoms with Gasteiger partial charge in [-0.05, 0) is 30.9 Å². The first kappa shape index (κ1) is 10.1. The van der Waals surface area contributed by atoms with Crippen molar-refractivity contribution in [1.82, 2.24) is 4.98 Å². The topological polar surface area (TPSA) is 50.2 Å². The molecule has 3 nitrogen and oxygen atoms in total. The maximum atomic E-state index is 10.6. The van der Waals surface area contributed by atoms with Crippen molar-refractivity contribution in [3.63, 3.8) is 0 Å². The van der Waals surface area contributed by atoms with Gasteiger partial charge in [-0.25, -0.2) is 19.8 Å². The Labute approximate surface area is 79.1 Å². The number of carboxylic acids is 1. The number of aromatic nitrogens is 1. The Morgan fingerprint density at radius 1 is 1.38 bits per heavy atom. The third kappa shape index (κ3) is 2.45. The predicted octanol–water partition coefficient (Wildman–Crippen LogP) is 1.83. The summed E-state index contributed by atoms with van der Waals surface area (Å²) in [5.41, 5.74) is 0.125. The van der Waals surface area contributed by atoms with Gasteiger partial charge in [-0.3, -0.25) is 0 Å². The van der Waals surface area contributed by atoms with Crippen molar-refractivity contribution in [3.8, 4) is 0 Å². The highest BCUT2D eigenvalue weighted by Gasteiger charge is 2.12. The summed E-state index contributed by atoms with van der Waals surface area (Å²) in [6.07, 6.45) is 6.25. The molecule has 0 unspecified atom stereocenters. The van der Waals surface area contributed by atoms with Crippen LogP contribution in [0.3, 0.4) is 0 Å². The van der Waals surface area contributed by atoms with Crippen LogP contribution in [0, 0.1) is 0 Å². The van der Waals surface area contributed by atoms with Gasteiger partial charge in [-0.15, -0.1) is 0 Å². The van der Waals surface area contributed by atoms with Gasteiger partial charge in [0.1, 0.15) is 5.69 Å². The number of nitrogens with zero attached hydrogens (tertiary/aromatic N) is 1. The fourth-order valence-corrected chi connectivity index (χ4v) is 1.73. The minimum absolute atomic E-state index is 0.125. The molecule has 0 spiro atoms. The third-order valence-electron chi connectivity index (χ3n) is 1.57. The lowest BCUT2D eigenvalue weighted by molar-refractivity contribution is 0.0689. The van der Waals surface area contributed by atoms with E-state index in [0.717, 1.165) is 5.03 Å². The van der Waals surface area contributed by atoms with Crippen LogP contribution in [0.4, 0.5) is 0 Å². The lowest BCUT2D eigenvalue weighted by atomic mass is 10.4. The first-order chi connectivity index (χ1) is 5.91. The largest absolute Gasteiger partial charge is 0.477 e. The Kier molecular flexibility index (Phi) is 2.61. The number of hydrogen-bond acceptors (Lipinski definition) is 2. The lowest BCUT2D eigenvalue weighted by Gasteiger charge is -2.24. The molecule has 0 aromatic carbocycles. The summed E-state index contributed by atoms with van der Waals surface area (Å²) < 4.78 is 0. The van der Waals surface area contributed by atoms with Gasteiger partial charge in [-0.2, -0.15) is 0 Å². The van der Waals surface area contributed by atoms with Crippen molar-refractivity contribution >= 4 is 16.0 Å². The highest BCUT2D eigenvalue weighted by Crippen LogP contribution is 2.43. The Balaban J connectivity index is 3.13. The van der Waals surface area contributed by atoms with Crippen LogP contribution < -0.4 is 0 Å². The smallest absolute Gasteiger partial charge is 0.354 e. The van der Waals surface area contributed by atoms with Crippen LogP contribution in [0.25, 0.3) is 0 Å². The van der Waals surface area contributed by atoms with Crippen molar-refractivity contribution < 1.29 is 9.90 Å².